The van der Waals surface area contributed by atoms with Crippen molar-refractivity contribution in [2.75, 3.05) is 0 Å². The topological polar surface area (TPSA) is 0 Å². The summed E-state index contributed by atoms with van der Waals surface area (Å²) in [4.78, 5) is 0. The van der Waals surface area contributed by atoms with Crippen LogP contribution < -0.4 is 48.0 Å². The SMILES string of the molecule is CCCCC1=Cc2ccccc2[CH]1[Zr+2][C]1=C(C)C(C)=C(C)C1(C)C.[I-].[I-]. The fourth-order valence-electron chi connectivity index (χ4n) is 4.18. The Morgan fingerprint density at radius 3 is 2.23 bits per heavy atom. The number of fused-ring (bicyclic) bond motifs is 1. The number of benzene rings is 1. The van der Waals surface area contributed by atoms with Crippen LogP contribution in [0.25, 0.3) is 6.08 Å². The third-order valence-corrected chi connectivity index (χ3v) is 11.7. The molecular formula is C23H30I2Zr. The van der Waals surface area contributed by atoms with E-state index in [9.17, 15) is 0 Å². The summed E-state index contributed by atoms with van der Waals surface area (Å²) >= 11 is -0.712. The largest absolute Gasteiger partial charge is 1.00 e. The molecular weight excluding hydrogens is 621 g/mol. The maximum Gasteiger partial charge on any atom is -1.00 e. The second-order valence-electron chi connectivity index (χ2n) is 7.90. The predicted octanol–water partition coefficient (Wildman–Crippen LogP) is 1.06. The van der Waals surface area contributed by atoms with Crippen LogP contribution in [-0.4, -0.2) is 0 Å². The molecule has 26 heavy (non-hydrogen) atoms. The second kappa shape index (κ2) is 10.0. The Labute approximate surface area is 206 Å². The zero-order valence-corrected chi connectivity index (χ0v) is 23.6. The van der Waals surface area contributed by atoms with Crippen molar-refractivity contribution < 1.29 is 71.2 Å². The molecule has 0 radical (unpaired) electrons. The van der Waals surface area contributed by atoms with E-state index in [-0.39, 0.29) is 53.4 Å². The van der Waals surface area contributed by atoms with E-state index in [1.165, 1.54) is 24.8 Å². The summed E-state index contributed by atoms with van der Waals surface area (Å²) < 4.78 is 2.57. The van der Waals surface area contributed by atoms with Crippen molar-refractivity contribution in [3.63, 3.8) is 0 Å². The van der Waals surface area contributed by atoms with E-state index in [1.54, 1.807) is 27.9 Å². The van der Waals surface area contributed by atoms with Crippen molar-refractivity contribution in [2.45, 2.75) is 64.4 Å². The zero-order chi connectivity index (χ0) is 17.5. The molecule has 0 N–H and O–H groups in total. The van der Waals surface area contributed by atoms with Gasteiger partial charge in [-0.2, -0.15) is 0 Å². The van der Waals surface area contributed by atoms with Crippen LogP contribution in [0.3, 0.4) is 0 Å². The van der Waals surface area contributed by atoms with Crippen LogP contribution in [0.5, 0.6) is 0 Å². The Balaban J connectivity index is 0.00000169. The molecule has 0 amide bonds. The van der Waals surface area contributed by atoms with Crippen molar-refractivity contribution in [1.29, 1.82) is 0 Å². The summed E-state index contributed by atoms with van der Waals surface area (Å²) in [6.45, 7) is 14.3. The molecule has 1 aromatic rings. The van der Waals surface area contributed by atoms with Crippen LogP contribution in [0.2, 0.25) is 0 Å². The average Bonchev–Trinajstić information content (AvgIpc) is 2.98. The van der Waals surface area contributed by atoms with Crippen LogP contribution >= 0.6 is 0 Å². The first kappa shape index (κ1) is 24.8. The standard InChI is InChI=1S/C13H15.C10H15.2HI.Zr/c1-2-3-6-11-9-12-7-4-5-8-13(12)10-11;1-7-6-10(4,5)9(3)8(7)2;;;/h4-5,7-10H,2-3,6H2,1H3;1-5H3;2*1H;/q;;;;+2/p-2. The van der Waals surface area contributed by atoms with Crippen molar-refractivity contribution in [1.82, 2.24) is 0 Å². The van der Waals surface area contributed by atoms with E-state index in [0.29, 0.717) is 0 Å². The van der Waals surface area contributed by atoms with E-state index in [4.69, 9.17) is 0 Å². The monoisotopic (exact) mass is 650 g/mol. The third-order valence-electron chi connectivity index (χ3n) is 6.19. The summed E-state index contributed by atoms with van der Waals surface area (Å²) in [6, 6.07) is 9.13. The van der Waals surface area contributed by atoms with E-state index >= 15 is 0 Å². The number of halogens is 2. The molecule has 0 heterocycles. The van der Waals surface area contributed by atoms with Gasteiger partial charge in [-0.15, -0.1) is 0 Å². The molecule has 2 aliphatic carbocycles. The van der Waals surface area contributed by atoms with Crippen LogP contribution in [-0.2, 0) is 23.2 Å². The predicted molar refractivity (Wildman–Crippen MR) is 102 cm³/mol. The molecule has 2 aliphatic rings. The van der Waals surface area contributed by atoms with Gasteiger partial charge in [-0.1, -0.05) is 0 Å². The second-order valence-corrected chi connectivity index (χ2v) is 11.3. The van der Waals surface area contributed by atoms with Crippen LogP contribution in [0.4, 0.5) is 0 Å². The first-order valence-electron chi connectivity index (χ1n) is 9.33. The Hall–Kier alpha value is 0.783. The molecule has 140 valence electrons. The molecule has 1 unspecified atom stereocenters. The van der Waals surface area contributed by atoms with Crippen molar-refractivity contribution in [3.8, 4) is 0 Å². The van der Waals surface area contributed by atoms with Gasteiger partial charge < -0.3 is 48.0 Å². The molecule has 0 aliphatic heterocycles. The number of unbranched alkanes of at least 4 members (excludes halogenated alkanes) is 1. The summed E-state index contributed by atoms with van der Waals surface area (Å²) in [5.41, 5.74) is 9.89. The third kappa shape index (κ3) is 4.50. The molecule has 0 bridgehead atoms. The normalized spacial score (nSPS) is 20.2. The average molecular weight is 652 g/mol. The quantitative estimate of drug-likeness (QED) is 0.419. The number of rotatable bonds is 5. The van der Waals surface area contributed by atoms with Crippen LogP contribution in [0, 0.1) is 5.41 Å². The maximum atomic E-state index is 2.52. The Morgan fingerprint density at radius 1 is 1.00 bits per heavy atom. The summed E-state index contributed by atoms with van der Waals surface area (Å²) in [6.07, 6.45) is 6.42. The van der Waals surface area contributed by atoms with Crippen molar-refractivity contribution >= 4 is 6.08 Å². The van der Waals surface area contributed by atoms with Crippen molar-refractivity contribution in [2.24, 2.45) is 5.41 Å². The minimum absolute atomic E-state index is 0. The fourth-order valence-corrected chi connectivity index (χ4v) is 9.28. The summed E-state index contributed by atoms with van der Waals surface area (Å²) in [5, 5.41) is 0. The van der Waals surface area contributed by atoms with E-state index in [2.05, 4.69) is 71.9 Å². The minimum Gasteiger partial charge on any atom is -1.00 e. The fraction of sp³-hybridized carbons (Fsp3) is 0.478. The molecule has 0 spiro atoms. The van der Waals surface area contributed by atoms with Gasteiger partial charge in [0.2, 0.25) is 0 Å². The van der Waals surface area contributed by atoms with Gasteiger partial charge in [0.05, 0.1) is 0 Å². The van der Waals surface area contributed by atoms with Gasteiger partial charge in [0.1, 0.15) is 0 Å². The number of allylic oxidation sites excluding steroid dienone is 5. The zero-order valence-electron chi connectivity index (χ0n) is 16.8. The van der Waals surface area contributed by atoms with Crippen LogP contribution in [0.1, 0.15) is 75.6 Å². The summed E-state index contributed by atoms with van der Waals surface area (Å²) in [7, 11) is 0. The molecule has 0 nitrogen and oxygen atoms in total. The van der Waals surface area contributed by atoms with Gasteiger partial charge in [0.15, 0.2) is 0 Å². The summed E-state index contributed by atoms with van der Waals surface area (Å²) in [5.74, 6) is 0. The molecule has 0 saturated heterocycles. The molecule has 0 saturated carbocycles. The van der Waals surface area contributed by atoms with Gasteiger partial charge in [-0.3, -0.25) is 0 Å². The minimum atomic E-state index is -0.712. The molecule has 0 fully saturated rings. The van der Waals surface area contributed by atoms with Crippen molar-refractivity contribution in [3.05, 3.63) is 61.0 Å². The Kier molecular flexibility index (Phi) is 9.55. The number of hydrogen-bond acceptors (Lipinski definition) is 0. The Bertz CT molecular complexity index is 753. The number of hydrogen-bond donors (Lipinski definition) is 0. The van der Waals surface area contributed by atoms with Gasteiger partial charge in [-0.25, -0.2) is 0 Å². The molecule has 3 heteroatoms. The van der Waals surface area contributed by atoms with E-state index in [0.717, 1.165) is 3.63 Å². The first-order valence-corrected chi connectivity index (χ1v) is 12.0. The molecule has 1 aromatic carbocycles. The molecule has 0 aromatic heterocycles. The van der Waals surface area contributed by atoms with E-state index < -0.39 is 23.2 Å². The Morgan fingerprint density at radius 2 is 1.65 bits per heavy atom. The van der Waals surface area contributed by atoms with Gasteiger partial charge >= 0.3 is 160 Å². The van der Waals surface area contributed by atoms with Gasteiger partial charge in [0, 0.05) is 0 Å². The van der Waals surface area contributed by atoms with E-state index in [1.807, 2.05) is 3.28 Å². The molecule has 3 rings (SSSR count). The first-order chi connectivity index (χ1) is 11.4. The maximum absolute atomic E-state index is 2.52. The van der Waals surface area contributed by atoms with Crippen LogP contribution in [0.15, 0.2) is 49.8 Å². The molecule has 1 atom stereocenters. The van der Waals surface area contributed by atoms with Gasteiger partial charge in [-0.05, 0) is 0 Å². The smallest absolute Gasteiger partial charge is 1.00 e. The van der Waals surface area contributed by atoms with Gasteiger partial charge in [0.25, 0.3) is 0 Å².